The molecule has 0 saturated carbocycles. The van der Waals surface area contributed by atoms with Crippen LogP contribution < -0.4 is 40.0 Å². The fourth-order valence-electron chi connectivity index (χ4n) is 2.69. The number of nitrogens with zero attached hydrogens (tertiary/aromatic N) is 1. The zero-order valence-corrected chi connectivity index (χ0v) is 15.9. The summed E-state index contributed by atoms with van der Waals surface area (Å²) in [6.45, 7) is 5.62. The topological polar surface area (TPSA) is 81.6 Å². The van der Waals surface area contributed by atoms with Gasteiger partial charge in [0, 0.05) is 0 Å². The van der Waals surface area contributed by atoms with Crippen molar-refractivity contribution in [1.29, 1.82) is 0 Å². The Bertz CT molecular complexity index is 476. The summed E-state index contributed by atoms with van der Waals surface area (Å²) in [4.78, 5) is 27.1. The molecule has 2 rings (SSSR count). The van der Waals surface area contributed by atoms with Crippen LogP contribution in [0.2, 0.25) is 0 Å². The molecule has 1 heterocycles. The molecule has 116 valence electrons. The minimum atomic E-state index is -1.15. The van der Waals surface area contributed by atoms with E-state index in [9.17, 15) is 14.7 Å². The number of allylic oxidation sites excluding steroid dienone is 4. The van der Waals surface area contributed by atoms with E-state index in [1.54, 1.807) is 6.92 Å². The van der Waals surface area contributed by atoms with Gasteiger partial charge in [0.05, 0.1) is 6.02 Å². The summed E-state index contributed by atoms with van der Waals surface area (Å²) < 4.78 is 0. The molecule has 22 heavy (non-hydrogen) atoms. The zero-order chi connectivity index (χ0) is 15.9. The third-order valence-electron chi connectivity index (χ3n) is 3.99. The molecule has 2 aliphatic rings. The number of amidine groups is 1. The second-order valence-corrected chi connectivity index (χ2v) is 5.28. The van der Waals surface area contributed by atoms with Crippen molar-refractivity contribution in [2.45, 2.75) is 46.5 Å². The number of nitrogens with one attached hydrogen (secondary N) is 1. The van der Waals surface area contributed by atoms with Gasteiger partial charge in [-0.3, -0.25) is 9.59 Å². The quantitative estimate of drug-likeness (QED) is 0.517. The molecule has 0 aromatic heterocycles. The first-order chi connectivity index (χ1) is 9.98. The molecule has 2 amide bonds. The maximum Gasteiger partial charge on any atom is 1.00 e. The van der Waals surface area contributed by atoms with Crippen LogP contribution in [0.15, 0.2) is 29.3 Å². The molecule has 0 spiro atoms. The van der Waals surface area contributed by atoms with Crippen molar-refractivity contribution in [3.63, 3.8) is 0 Å². The molecule has 0 aromatic rings. The minimum Gasteiger partial charge on any atom is -0.846 e. The number of carbonyl (C=O) groups excluding carboxylic acids is 2. The molecular weight excluding hydrogens is 291 g/mol. The number of hydrogen-bond acceptors (Lipinski definition) is 3. The molecular formula is C16H23N2NaO3. The van der Waals surface area contributed by atoms with Crippen molar-refractivity contribution in [3.05, 3.63) is 24.3 Å². The van der Waals surface area contributed by atoms with Gasteiger partial charge in [-0.1, -0.05) is 51.5 Å². The average molecular weight is 314 g/mol. The molecule has 1 aliphatic heterocycles. The molecule has 0 aromatic carbocycles. The van der Waals surface area contributed by atoms with Crippen molar-refractivity contribution < 1.29 is 44.3 Å². The van der Waals surface area contributed by atoms with Crippen molar-refractivity contribution in [3.8, 4) is 0 Å². The number of hydrogen-bond donors (Lipinski definition) is 1. The third-order valence-corrected chi connectivity index (χ3v) is 3.99. The molecule has 5 nitrogen and oxygen atoms in total. The predicted octanol–water partition coefficient (Wildman–Crippen LogP) is -1.30. The van der Waals surface area contributed by atoms with Crippen LogP contribution in [0.4, 0.5) is 0 Å². The Morgan fingerprint density at radius 1 is 1.32 bits per heavy atom. The summed E-state index contributed by atoms with van der Waals surface area (Å²) in [6.07, 6.45) is 11.5. The van der Waals surface area contributed by atoms with Crippen molar-refractivity contribution in [1.82, 2.24) is 5.32 Å². The second kappa shape index (κ2) is 9.98. The Kier molecular flexibility index (Phi) is 9.56. The van der Waals surface area contributed by atoms with E-state index in [4.69, 9.17) is 0 Å². The van der Waals surface area contributed by atoms with Crippen LogP contribution >= 0.6 is 0 Å². The van der Waals surface area contributed by atoms with E-state index in [-0.39, 0.29) is 35.5 Å². The molecule has 0 bridgehead atoms. The van der Waals surface area contributed by atoms with E-state index >= 15 is 0 Å². The van der Waals surface area contributed by atoms with E-state index in [1.165, 1.54) is 0 Å². The van der Waals surface area contributed by atoms with Crippen LogP contribution in [0.3, 0.4) is 0 Å². The number of rotatable bonds is 4. The van der Waals surface area contributed by atoms with Crippen LogP contribution in [0.1, 0.15) is 46.5 Å². The first kappa shape index (κ1) is 21.1. The fourth-order valence-corrected chi connectivity index (χ4v) is 2.69. The second-order valence-electron chi connectivity index (χ2n) is 5.28. The summed E-state index contributed by atoms with van der Waals surface area (Å²) >= 11 is 0. The summed E-state index contributed by atoms with van der Waals surface area (Å²) in [6, 6.07) is -0.845. The van der Waals surface area contributed by atoms with Crippen molar-refractivity contribution in [2.24, 2.45) is 16.3 Å². The van der Waals surface area contributed by atoms with E-state index in [0.29, 0.717) is 6.42 Å². The molecule has 0 fully saturated rings. The van der Waals surface area contributed by atoms with Gasteiger partial charge < -0.3 is 10.4 Å². The zero-order valence-electron chi connectivity index (χ0n) is 13.9. The van der Waals surface area contributed by atoms with Gasteiger partial charge in [-0.15, -0.1) is 0 Å². The monoisotopic (exact) mass is 314 g/mol. The first-order valence-corrected chi connectivity index (χ1v) is 7.42. The Hall–Kier alpha value is -0.910. The standard InChI is InChI=1S/C11H18N2O3.C5H6.Na/c1-4-6-7(3)11(5-2)8(14)12-10(16)13-9(11)15;1-2-4-5-3-1;/h7H,4-6H2,1-3H3,(H2,12,13,14,15,16);1-4H,5H2;/q;;+1/p-1. The van der Waals surface area contributed by atoms with Crippen LogP contribution in [0.25, 0.3) is 0 Å². The van der Waals surface area contributed by atoms with E-state index in [2.05, 4.69) is 34.6 Å². The largest absolute Gasteiger partial charge is 1.00 e. The molecule has 2 unspecified atom stereocenters. The summed E-state index contributed by atoms with van der Waals surface area (Å²) in [5.41, 5.74) is -1.15. The Balaban J connectivity index is 0.000000622. The Labute approximate surface area is 154 Å². The van der Waals surface area contributed by atoms with E-state index < -0.39 is 23.3 Å². The normalized spacial score (nSPS) is 23.9. The number of carbonyl (C=O) groups is 2. The smallest absolute Gasteiger partial charge is 0.846 e. The summed E-state index contributed by atoms with van der Waals surface area (Å²) in [5, 5.41) is 13.1. The van der Waals surface area contributed by atoms with Gasteiger partial charge in [-0.25, -0.2) is 4.99 Å². The molecule has 0 radical (unpaired) electrons. The van der Waals surface area contributed by atoms with Crippen molar-refractivity contribution >= 4 is 17.8 Å². The van der Waals surface area contributed by atoms with Gasteiger partial charge in [0.1, 0.15) is 5.41 Å². The maximum atomic E-state index is 11.9. The average Bonchev–Trinajstić information content (AvgIpc) is 2.98. The fraction of sp³-hybridized carbons (Fsp3) is 0.562. The van der Waals surface area contributed by atoms with Gasteiger partial charge in [0.15, 0.2) is 0 Å². The summed E-state index contributed by atoms with van der Waals surface area (Å²) in [5.74, 6) is -1.20. The Morgan fingerprint density at radius 3 is 2.27 bits per heavy atom. The van der Waals surface area contributed by atoms with Crippen LogP contribution in [0.5, 0.6) is 0 Å². The molecule has 6 heteroatoms. The van der Waals surface area contributed by atoms with Crippen LogP contribution in [0, 0.1) is 11.3 Å². The molecule has 2 atom stereocenters. The Morgan fingerprint density at radius 2 is 1.91 bits per heavy atom. The molecule has 1 N–H and O–H groups in total. The molecule has 0 saturated heterocycles. The van der Waals surface area contributed by atoms with E-state index in [0.717, 1.165) is 19.3 Å². The van der Waals surface area contributed by atoms with Gasteiger partial charge >= 0.3 is 29.6 Å². The number of amides is 2. The maximum absolute atomic E-state index is 11.9. The van der Waals surface area contributed by atoms with Crippen molar-refractivity contribution in [2.75, 3.05) is 0 Å². The predicted molar refractivity (Wildman–Crippen MR) is 80.3 cm³/mol. The SMILES string of the molecule is C1=CCC=C1.CCCC(C)C1(CC)C(=O)N=C([O-])NC1=O.[Na+]. The number of aliphatic imine (C=N–C) groups is 1. The van der Waals surface area contributed by atoms with Gasteiger partial charge in [0.25, 0.3) is 5.91 Å². The molecule has 1 aliphatic carbocycles. The minimum absolute atomic E-state index is 0. The van der Waals surface area contributed by atoms with E-state index in [1.807, 2.05) is 13.8 Å². The summed E-state index contributed by atoms with van der Waals surface area (Å²) in [7, 11) is 0. The van der Waals surface area contributed by atoms with Gasteiger partial charge in [-0.2, -0.15) is 0 Å². The third kappa shape index (κ3) is 4.80. The van der Waals surface area contributed by atoms with Crippen LogP contribution in [-0.4, -0.2) is 17.8 Å². The van der Waals surface area contributed by atoms with Crippen LogP contribution in [-0.2, 0) is 9.59 Å². The van der Waals surface area contributed by atoms with Gasteiger partial charge in [0.2, 0.25) is 5.91 Å². The first-order valence-electron chi connectivity index (χ1n) is 7.42. The van der Waals surface area contributed by atoms with Gasteiger partial charge in [-0.05, 0) is 25.2 Å².